The van der Waals surface area contributed by atoms with Crippen molar-refractivity contribution in [2.75, 3.05) is 6.61 Å². The minimum absolute atomic E-state index is 0.0138. The van der Waals surface area contributed by atoms with Crippen molar-refractivity contribution in [1.29, 1.82) is 0 Å². The first-order chi connectivity index (χ1) is 20.5. The van der Waals surface area contributed by atoms with Gasteiger partial charge < -0.3 is 24.9 Å². The van der Waals surface area contributed by atoms with Crippen molar-refractivity contribution in [3.63, 3.8) is 0 Å². The number of hydrogen-bond donors (Lipinski definition) is 4. The van der Waals surface area contributed by atoms with Crippen molar-refractivity contribution in [1.82, 2.24) is 19.9 Å². The van der Waals surface area contributed by atoms with Crippen molar-refractivity contribution in [3.05, 3.63) is 68.8 Å². The summed E-state index contributed by atoms with van der Waals surface area (Å²) < 4.78 is 5.87. The molecule has 0 saturated heterocycles. The lowest BCUT2D eigenvalue weighted by molar-refractivity contribution is -0.137. The van der Waals surface area contributed by atoms with Crippen LogP contribution in [0.15, 0.2) is 18.2 Å². The summed E-state index contributed by atoms with van der Waals surface area (Å²) in [6.07, 6.45) is 1.16. The van der Waals surface area contributed by atoms with E-state index in [-0.39, 0.29) is 23.8 Å². The average Bonchev–Trinajstić information content (AvgIpc) is 3.63. The van der Waals surface area contributed by atoms with Crippen LogP contribution in [0.2, 0.25) is 0 Å². The molecule has 3 aromatic rings. The lowest BCUT2D eigenvalue weighted by Crippen LogP contribution is -2.08. The minimum Gasteiger partial charge on any atom is -0.481 e. The highest BCUT2D eigenvalue weighted by atomic mass is 16.5. The number of nitrogens with one attached hydrogen (secondary N) is 2. The van der Waals surface area contributed by atoms with Crippen LogP contribution in [-0.2, 0) is 27.4 Å². The number of allylic oxidation sites excluding steroid dienone is 1. The molecule has 43 heavy (non-hydrogen) atoms. The van der Waals surface area contributed by atoms with Crippen molar-refractivity contribution in [2.45, 2.75) is 86.2 Å². The number of carboxylic acids is 2. The molecule has 5 rings (SSSR count). The number of hydrogen-bond acceptors (Lipinski definition) is 5. The van der Waals surface area contributed by atoms with E-state index < -0.39 is 11.9 Å². The third-order valence-corrected chi connectivity index (χ3v) is 9.09. The molecule has 2 atom stereocenters. The molecule has 2 aliphatic heterocycles. The Kier molecular flexibility index (Phi) is 8.29. The fraction of sp³-hybridized carbons (Fsp3) is 0.412. The van der Waals surface area contributed by atoms with Gasteiger partial charge >= 0.3 is 11.9 Å². The van der Waals surface area contributed by atoms with Crippen molar-refractivity contribution < 1.29 is 24.5 Å². The molecular formula is C34H40N4O5. The second-order valence-corrected chi connectivity index (χ2v) is 11.6. The van der Waals surface area contributed by atoms with Crippen LogP contribution in [0.25, 0.3) is 33.2 Å². The van der Waals surface area contributed by atoms with Gasteiger partial charge in [-0.25, -0.2) is 9.78 Å². The van der Waals surface area contributed by atoms with Gasteiger partial charge in [-0.1, -0.05) is 13.8 Å². The summed E-state index contributed by atoms with van der Waals surface area (Å²) in [5.74, 6) is -2.21. The molecule has 3 aromatic heterocycles. The first-order valence-electron chi connectivity index (χ1n) is 14.9. The molecule has 0 spiro atoms. The van der Waals surface area contributed by atoms with Gasteiger partial charge in [-0.05, 0) is 93.5 Å². The molecule has 0 aromatic carbocycles. The molecule has 2 aliphatic rings. The number of aryl methyl sites for hydroxylation is 3. The molecule has 226 valence electrons. The van der Waals surface area contributed by atoms with Crippen LogP contribution in [0.5, 0.6) is 0 Å². The Morgan fingerprint density at radius 3 is 2.16 bits per heavy atom. The van der Waals surface area contributed by atoms with Crippen molar-refractivity contribution in [2.24, 2.45) is 0 Å². The zero-order chi connectivity index (χ0) is 31.2. The van der Waals surface area contributed by atoms with Crippen molar-refractivity contribution in [3.8, 4) is 0 Å². The number of H-pyrrole nitrogens is 2. The van der Waals surface area contributed by atoms with E-state index in [1.807, 2.05) is 26.0 Å². The van der Waals surface area contributed by atoms with Crippen LogP contribution in [0, 0.1) is 20.8 Å². The first-order valence-corrected chi connectivity index (χ1v) is 14.9. The molecule has 0 fully saturated rings. The molecule has 8 bridgehead atoms. The molecule has 0 aliphatic carbocycles. The molecule has 0 saturated carbocycles. The quantitative estimate of drug-likeness (QED) is 0.221. The zero-order valence-electron chi connectivity index (χ0n) is 25.9. The van der Waals surface area contributed by atoms with Gasteiger partial charge in [0.25, 0.3) is 0 Å². The van der Waals surface area contributed by atoms with Crippen LogP contribution >= 0.6 is 0 Å². The molecular weight excluding hydrogens is 544 g/mol. The van der Waals surface area contributed by atoms with Gasteiger partial charge in [0.05, 0.1) is 23.6 Å². The Morgan fingerprint density at radius 1 is 0.884 bits per heavy atom. The number of aromatic amines is 2. The van der Waals surface area contributed by atoms with Gasteiger partial charge in [-0.15, -0.1) is 0 Å². The van der Waals surface area contributed by atoms with E-state index in [9.17, 15) is 19.8 Å². The van der Waals surface area contributed by atoms with Crippen LogP contribution in [-0.4, -0.2) is 48.7 Å². The van der Waals surface area contributed by atoms with E-state index >= 15 is 0 Å². The highest BCUT2D eigenvalue weighted by molar-refractivity contribution is 6.24. The highest BCUT2D eigenvalue weighted by Gasteiger charge is 2.33. The molecule has 0 amide bonds. The van der Waals surface area contributed by atoms with Crippen LogP contribution in [0.1, 0.15) is 103 Å². The Hall–Kier alpha value is -4.24. The van der Waals surface area contributed by atoms with E-state index in [1.54, 1.807) is 6.92 Å². The molecule has 4 N–H and O–H groups in total. The summed E-state index contributed by atoms with van der Waals surface area (Å²) in [5.41, 5.74) is 12.0. The normalized spacial score (nSPS) is 16.6. The lowest BCUT2D eigenvalue weighted by atomic mass is 9.85. The Balaban J connectivity index is 1.96. The van der Waals surface area contributed by atoms with E-state index in [0.717, 1.165) is 56.4 Å². The summed E-state index contributed by atoms with van der Waals surface area (Å²) in [6.45, 7) is 15.0. The second kappa shape index (κ2) is 11.8. The third-order valence-electron chi connectivity index (χ3n) is 9.09. The first kappa shape index (κ1) is 30.2. The van der Waals surface area contributed by atoms with Gasteiger partial charge in [0, 0.05) is 63.9 Å². The molecule has 0 unspecified atom stereocenters. The zero-order valence-corrected chi connectivity index (χ0v) is 25.9. The van der Waals surface area contributed by atoms with Gasteiger partial charge in [-0.2, -0.15) is 0 Å². The maximum Gasteiger partial charge on any atom is 0.338 e. The predicted molar refractivity (Wildman–Crippen MR) is 168 cm³/mol. The van der Waals surface area contributed by atoms with Gasteiger partial charge in [-0.3, -0.25) is 9.78 Å². The SMILES string of the molecule is CCOCc1c(C)c2cc3nc(c(C)c4nc(cc5[nH]c(cc1[nH]2)c(C)c5CC)C(C)=C4C(=O)O)[C@@H](CCC(=O)O)[C@@H]3C. The van der Waals surface area contributed by atoms with Crippen LogP contribution in [0.3, 0.4) is 0 Å². The van der Waals surface area contributed by atoms with Crippen LogP contribution < -0.4 is 0 Å². The van der Waals surface area contributed by atoms with Gasteiger partial charge in [0.1, 0.15) is 0 Å². The monoisotopic (exact) mass is 584 g/mol. The molecule has 5 heterocycles. The maximum atomic E-state index is 12.6. The third kappa shape index (κ3) is 5.38. The largest absolute Gasteiger partial charge is 0.481 e. The smallest absolute Gasteiger partial charge is 0.338 e. The minimum atomic E-state index is -1.05. The fourth-order valence-corrected chi connectivity index (χ4v) is 6.49. The Morgan fingerprint density at radius 2 is 1.53 bits per heavy atom. The predicted octanol–water partition coefficient (Wildman–Crippen LogP) is 7.11. The number of carbonyl (C=O) groups is 2. The lowest BCUT2D eigenvalue weighted by Gasteiger charge is -2.16. The highest BCUT2D eigenvalue weighted by Crippen LogP contribution is 2.43. The number of nitrogens with zero attached hydrogens (tertiary/aromatic N) is 2. The number of ether oxygens (including phenoxy) is 1. The van der Waals surface area contributed by atoms with Gasteiger partial charge in [0.2, 0.25) is 0 Å². The standard InChI is InChI=1S/C34H40N4O5/c1-8-21-16(3)25-13-29-23(15-43-9-2)18(5)24(36-29)12-26-17(4)22(10-11-30(39)40)32(37-26)20(7)33-31(34(41)42)19(6)27(38-33)14-28(21)35-25/h12-14,17,22,35-36H,8-11,15H2,1-7H3,(H,39,40)(H,41,42)/t17-,22-/m0/s1. The van der Waals surface area contributed by atoms with E-state index in [2.05, 4.69) is 43.7 Å². The summed E-state index contributed by atoms with van der Waals surface area (Å²) in [5, 5.41) is 19.8. The van der Waals surface area contributed by atoms with E-state index in [1.165, 1.54) is 0 Å². The summed E-state index contributed by atoms with van der Waals surface area (Å²) in [4.78, 5) is 41.3. The second-order valence-electron chi connectivity index (χ2n) is 11.6. The fourth-order valence-electron chi connectivity index (χ4n) is 6.49. The number of aromatic nitrogens is 4. The number of carboxylic acid groups (broad SMARTS) is 2. The topological polar surface area (TPSA) is 141 Å². The van der Waals surface area contributed by atoms with E-state index in [4.69, 9.17) is 14.7 Å². The summed E-state index contributed by atoms with van der Waals surface area (Å²) >= 11 is 0. The number of rotatable bonds is 8. The Bertz CT molecular complexity index is 1830. The number of fused-ring (bicyclic) bond motifs is 8. The summed E-state index contributed by atoms with van der Waals surface area (Å²) in [7, 11) is 0. The molecule has 9 nitrogen and oxygen atoms in total. The van der Waals surface area contributed by atoms with Crippen molar-refractivity contribution >= 4 is 45.2 Å². The molecule has 9 heteroatoms. The molecule has 0 radical (unpaired) electrons. The summed E-state index contributed by atoms with van der Waals surface area (Å²) in [6, 6.07) is 6.09. The average molecular weight is 585 g/mol. The van der Waals surface area contributed by atoms with Gasteiger partial charge in [0.15, 0.2) is 0 Å². The van der Waals surface area contributed by atoms with Crippen LogP contribution in [0.4, 0.5) is 0 Å². The number of aliphatic carboxylic acids is 2. The van der Waals surface area contributed by atoms with E-state index in [0.29, 0.717) is 47.9 Å². The maximum absolute atomic E-state index is 12.6. The Labute approximate surface area is 251 Å².